The third-order valence-electron chi connectivity index (χ3n) is 2.78. The first kappa shape index (κ1) is 13.7. The molecule has 0 radical (unpaired) electrons. The van der Waals surface area contributed by atoms with E-state index in [1.807, 2.05) is 13.0 Å². The van der Waals surface area contributed by atoms with Gasteiger partial charge in [-0.05, 0) is 26.0 Å². The van der Waals surface area contributed by atoms with Crippen molar-refractivity contribution in [3.8, 4) is 5.75 Å². The van der Waals surface area contributed by atoms with E-state index in [1.165, 1.54) is 6.07 Å². The number of aryl methyl sites for hydroxylation is 1. The summed E-state index contributed by atoms with van der Waals surface area (Å²) in [7, 11) is 0. The molecular formula is C13H14F2N2OS. The molecule has 1 aromatic heterocycles. The number of ether oxygens (including phenoxy) is 1. The van der Waals surface area contributed by atoms with Gasteiger partial charge in [0.2, 0.25) is 0 Å². The Morgan fingerprint density at radius 2 is 2.16 bits per heavy atom. The third-order valence-corrected chi connectivity index (χ3v) is 3.72. The molecule has 0 unspecified atom stereocenters. The lowest BCUT2D eigenvalue weighted by Gasteiger charge is -2.13. The molecule has 0 amide bonds. The topological polar surface area (TPSA) is 34.2 Å². The summed E-state index contributed by atoms with van der Waals surface area (Å²) in [6.07, 6.45) is 0. The fourth-order valence-corrected chi connectivity index (χ4v) is 2.42. The Hall–Kier alpha value is -1.69. The first-order valence-electron chi connectivity index (χ1n) is 5.75. The first-order valence-corrected chi connectivity index (χ1v) is 6.63. The fourth-order valence-electron chi connectivity index (χ4n) is 1.70. The number of halogens is 2. The quantitative estimate of drug-likeness (QED) is 0.902. The second-order valence-electron chi connectivity index (χ2n) is 4.02. The van der Waals surface area contributed by atoms with Crippen molar-refractivity contribution < 1.29 is 13.5 Å². The van der Waals surface area contributed by atoms with E-state index in [2.05, 4.69) is 15.0 Å². The van der Waals surface area contributed by atoms with Crippen LogP contribution in [0.25, 0.3) is 0 Å². The second kappa shape index (κ2) is 5.97. The summed E-state index contributed by atoms with van der Waals surface area (Å²) in [6.45, 7) is 1.50. The van der Waals surface area contributed by atoms with Crippen molar-refractivity contribution in [3.63, 3.8) is 0 Å². The highest BCUT2D eigenvalue weighted by atomic mass is 32.1. The molecule has 0 aliphatic carbocycles. The maximum Gasteiger partial charge on any atom is 0.387 e. The zero-order valence-electron chi connectivity index (χ0n) is 10.6. The standard InChI is InChI=1S/C13H14F2N2OS/c1-8-10(4-3-5-11(8)18-13(14)15)16-6-12-9(2)17-7-19-12/h3-5,7,13,16H,6H2,1-2H3. The summed E-state index contributed by atoms with van der Waals surface area (Å²) in [5, 5.41) is 3.22. The van der Waals surface area contributed by atoms with Crippen molar-refractivity contribution in [1.29, 1.82) is 0 Å². The number of hydrogen-bond donors (Lipinski definition) is 1. The summed E-state index contributed by atoms with van der Waals surface area (Å²) in [5.74, 6) is 0.195. The minimum absolute atomic E-state index is 0.195. The number of benzene rings is 1. The van der Waals surface area contributed by atoms with E-state index in [0.717, 1.165) is 16.3 Å². The fraction of sp³-hybridized carbons (Fsp3) is 0.308. The maximum atomic E-state index is 12.2. The minimum Gasteiger partial charge on any atom is -0.434 e. The van der Waals surface area contributed by atoms with Crippen LogP contribution in [0.2, 0.25) is 0 Å². The van der Waals surface area contributed by atoms with Gasteiger partial charge in [-0.1, -0.05) is 6.07 Å². The molecule has 3 nitrogen and oxygen atoms in total. The Kier molecular flexibility index (Phi) is 4.31. The number of nitrogens with zero attached hydrogens (tertiary/aromatic N) is 1. The number of anilines is 1. The van der Waals surface area contributed by atoms with Crippen molar-refractivity contribution >= 4 is 17.0 Å². The largest absolute Gasteiger partial charge is 0.434 e. The molecule has 0 bridgehead atoms. The van der Waals surface area contributed by atoms with Crippen molar-refractivity contribution in [3.05, 3.63) is 39.8 Å². The van der Waals surface area contributed by atoms with Crippen LogP contribution < -0.4 is 10.1 Å². The molecule has 0 aliphatic heterocycles. The molecule has 2 rings (SSSR count). The normalized spacial score (nSPS) is 10.8. The predicted molar refractivity (Wildman–Crippen MR) is 72.0 cm³/mol. The Labute approximate surface area is 114 Å². The van der Waals surface area contributed by atoms with E-state index >= 15 is 0 Å². The summed E-state index contributed by atoms with van der Waals surface area (Å²) in [5.41, 5.74) is 4.22. The number of aromatic nitrogens is 1. The van der Waals surface area contributed by atoms with Gasteiger partial charge in [0.15, 0.2) is 0 Å². The van der Waals surface area contributed by atoms with Gasteiger partial charge in [0.05, 0.1) is 17.7 Å². The van der Waals surface area contributed by atoms with Gasteiger partial charge in [-0.3, -0.25) is 0 Å². The Bertz CT molecular complexity index is 557. The number of rotatable bonds is 5. The lowest BCUT2D eigenvalue weighted by Crippen LogP contribution is -2.06. The van der Waals surface area contributed by atoms with Gasteiger partial charge in [0.25, 0.3) is 0 Å². The van der Waals surface area contributed by atoms with Crippen molar-refractivity contribution in [2.45, 2.75) is 27.0 Å². The highest BCUT2D eigenvalue weighted by Crippen LogP contribution is 2.27. The van der Waals surface area contributed by atoms with E-state index in [-0.39, 0.29) is 5.75 Å². The van der Waals surface area contributed by atoms with Gasteiger partial charge < -0.3 is 10.1 Å². The molecule has 1 aromatic carbocycles. The van der Waals surface area contributed by atoms with Crippen LogP contribution in [-0.4, -0.2) is 11.6 Å². The minimum atomic E-state index is -2.81. The van der Waals surface area contributed by atoms with Gasteiger partial charge in [-0.25, -0.2) is 4.98 Å². The Morgan fingerprint density at radius 1 is 1.37 bits per heavy atom. The molecular weight excluding hydrogens is 270 g/mol. The van der Waals surface area contributed by atoms with Gasteiger partial charge >= 0.3 is 6.61 Å². The van der Waals surface area contributed by atoms with Crippen LogP contribution in [0, 0.1) is 13.8 Å². The number of nitrogens with one attached hydrogen (secondary N) is 1. The molecule has 0 saturated heterocycles. The smallest absolute Gasteiger partial charge is 0.387 e. The van der Waals surface area contributed by atoms with E-state index < -0.39 is 6.61 Å². The number of hydrogen-bond acceptors (Lipinski definition) is 4. The molecule has 0 aliphatic rings. The molecule has 0 fully saturated rings. The van der Waals surface area contributed by atoms with Crippen LogP contribution in [0.1, 0.15) is 16.1 Å². The molecule has 0 atom stereocenters. The Morgan fingerprint density at radius 3 is 2.79 bits per heavy atom. The van der Waals surface area contributed by atoms with E-state index in [9.17, 15) is 8.78 Å². The van der Waals surface area contributed by atoms with E-state index in [0.29, 0.717) is 12.1 Å². The van der Waals surface area contributed by atoms with Gasteiger partial charge in [0.1, 0.15) is 5.75 Å². The summed E-state index contributed by atoms with van der Waals surface area (Å²) in [6, 6.07) is 5.06. The SMILES string of the molecule is Cc1ncsc1CNc1cccc(OC(F)F)c1C. The molecule has 1 N–H and O–H groups in total. The van der Waals surface area contributed by atoms with Gasteiger partial charge in [-0.15, -0.1) is 11.3 Å². The van der Waals surface area contributed by atoms with E-state index in [4.69, 9.17) is 0 Å². The average molecular weight is 284 g/mol. The first-order chi connectivity index (χ1) is 9.08. The van der Waals surface area contributed by atoms with Crippen molar-refractivity contribution in [2.75, 3.05) is 5.32 Å². The highest BCUT2D eigenvalue weighted by Gasteiger charge is 2.10. The average Bonchev–Trinajstić information content (AvgIpc) is 2.76. The maximum absolute atomic E-state index is 12.2. The molecule has 102 valence electrons. The molecule has 0 saturated carbocycles. The van der Waals surface area contributed by atoms with Gasteiger partial charge in [0, 0.05) is 16.1 Å². The second-order valence-corrected chi connectivity index (χ2v) is 4.96. The van der Waals surface area contributed by atoms with Crippen LogP contribution >= 0.6 is 11.3 Å². The van der Waals surface area contributed by atoms with Gasteiger partial charge in [-0.2, -0.15) is 8.78 Å². The molecule has 19 heavy (non-hydrogen) atoms. The molecule has 2 aromatic rings. The third kappa shape index (κ3) is 3.41. The monoisotopic (exact) mass is 284 g/mol. The summed E-state index contributed by atoms with van der Waals surface area (Å²) in [4.78, 5) is 5.29. The zero-order valence-corrected chi connectivity index (χ0v) is 11.4. The lowest BCUT2D eigenvalue weighted by atomic mass is 10.2. The number of alkyl halides is 2. The lowest BCUT2D eigenvalue weighted by molar-refractivity contribution is -0.0502. The van der Waals surface area contributed by atoms with E-state index in [1.54, 1.807) is 29.8 Å². The van der Waals surface area contributed by atoms with Crippen LogP contribution in [-0.2, 0) is 6.54 Å². The van der Waals surface area contributed by atoms with Crippen LogP contribution in [0.15, 0.2) is 23.7 Å². The van der Waals surface area contributed by atoms with Crippen LogP contribution in [0.3, 0.4) is 0 Å². The highest BCUT2D eigenvalue weighted by molar-refractivity contribution is 7.09. The molecule has 6 heteroatoms. The summed E-state index contributed by atoms with van der Waals surface area (Å²) < 4.78 is 29.0. The van der Waals surface area contributed by atoms with Crippen molar-refractivity contribution in [2.24, 2.45) is 0 Å². The Balaban J connectivity index is 2.10. The van der Waals surface area contributed by atoms with Crippen molar-refractivity contribution in [1.82, 2.24) is 4.98 Å². The molecule has 0 spiro atoms. The molecule has 1 heterocycles. The number of thiazole rings is 1. The van der Waals surface area contributed by atoms with Crippen LogP contribution in [0.4, 0.5) is 14.5 Å². The summed E-state index contributed by atoms with van der Waals surface area (Å²) >= 11 is 1.56. The zero-order chi connectivity index (χ0) is 13.8. The van der Waals surface area contributed by atoms with Crippen LogP contribution in [0.5, 0.6) is 5.75 Å². The predicted octanol–water partition coefficient (Wildman–Crippen LogP) is 3.97.